The second-order valence-corrected chi connectivity index (χ2v) is 6.07. The van der Waals surface area contributed by atoms with Gasteiger partial charge in [0.25, 0.3) is 0 Å². The van der Waals surface area contributed by atoms with E-state index in [0.29, 0.717) is 13.1 Å². The van der Waals surface area contributed by atoms with Gasteiger partial charge in [-0.3, -0.25) is 24.2 Å². The first-order valence-electron chi connectivity index (χ1n) is 8.08. The van der Waals surface area contributed by atoms with E-state index in [0.717, 1.165) is 11.0 Å². The first-order valence-corrected chi connectivity index (χ1v) is 8.49. The summed E-state index contributed by atoms with van der Waals surface area (Å²) in [4.78, 5) is 44.9. The lowest BCUT2D eigenvalue weighted by Crippen LogP contribution is -2.61. The van der Waals surface area contributed by atoms with E-state index in [4.69, 9.17) is 12.2 Å². The van der Waals surface area contributed by atoms with Crippen molar-refractivity contribution in [1.82, 2.24) is 19.4 Å². The van der Waals surface area contributed by atoms with Crippen LogP contribution < -0.4 is 0 Å². The van der Waals surface area contributed by atoms with Crippen molar-refractivity contribution in [1.29, 1.82) is 0 Å². The molecule has 0 spiro atoms. The maximum absolute atomic E-state index is 12.8. The molecule has 25 heavy (non-hydrogen) atoms. The van der Waals surface area contributed by atoms with Crippen LogP contribution in [-0.4, -0.2) is 55.2 Å². The third-order valence-electron chi connectivity index (χ3n) is 4.30. The number of amides is 2. The highest BCUT2D eigenvalue weighted by Crippen LogP contribution is 2.20. The largest absolute Gasteiger partial charge is 0.323 e. The molecule has 2 amide bonds. The fourth-order valence-corrected chi connectivity index (χ4v) is 3.44. The van der Waals surface area contributed by atoms with Crippen molar-refractivity contribution in [3.8, 4) is 0 Å². The average molecular weight is 358 g/mol. The lowest BCUT2D eigenvalue weighted by atomic mass is 9.98. The molecular weight excluding hydrogens is 340 g/mol. The van der Waals surface area contributed by atoms with Crippen molar-refractivity contribution in [3.05, 3.63) is 30.6 Å². The zero-order chi connectivity index (χ0) is 18.1. The predicted molar refractivity (Wildman–Crippen MR) is 95.6 cm³/mol. The summed E-state index contributed by atoms with van der Waals surface area (Å²) in [6, 6.07) is 7.38. The number of rotatable bonds is 5. The van der Waals surface area contributed by atoms with Gasteiger partial charge < -0.3 is 4.57 Å². The monoisotopic (exact) mass is 358 g/mol. The van der Waals surface area contributed by atoms with Crippen molar-refractivity contribution >= 4 is 46.0 Å². The Morgan fingerprint density at radius 1 is 1.12 bits per heavy atom. The minimum atomic E-state index is -1.35. The van der Waals surface area contributed by atoms with E-state index < -0.39 is 23.5 Å². The van der Waals surface area contributed by atoms with E-state index in [1.54, 1.807) is 24.7 Å². The van der Waals surface area contributed by atoms with Gasteiger partial charge in [0.1, 0.15) is 0 Å². The summed E-state index contributed by atoms with van der Waals surface area (Å²) in [5, 5.41) is 0.164. The maximum atomic E-state index is 12.8. The standard InChI is InChI=1S/C17H18N4O3S/c1-3-20-15(23)14(16(24)21(4-2)17(20)25)13(22)9-19-10-18-11-7-5-6-8-12(11)19/h5-8,10,14H,3-4,9H2,1-2H3. The van der Waals surface area contributed by atoms with Gasteiger partial charge >= 0.3 is 0 Å². The molecule has 3 rings (SSSR count). The molecule has 0 aliphatic carbocycles. The van der Waals surface area contributed by atoms with E-state index in [1.807, 2.05) is 24.3 Å². The molecule has 0 saturated carbocycles. The van der Waals surface area contributed by atoms with Crippen LogP contribution in [0, 0.1) is 5.92 Å². The van der Waals surface area contributed by atoms with Crippen molar-refractivity contribution in [3.63, 3.8) is 0 Å². The average Bonchev–Trinajstić information content (AvgIpc) is 2.99. The number of thiocarbonyl (C=S) groups is 1. The molecule has 1 saturated heterocycles. The van der Waals surface area contributed by atoms with E-state index in [-0.39, 0.29) is 11.7 Å². The van der Waals surface area contributed by atoms with Crippen molar-refractivity contribution in [2.75, 3.05) is 13.1 Å². The molecule has 0 bridgehead atoms. The van der Waals surface area contributed by atoms with Crippen LogP contribution in [0.1, 0.15) is 13.8 Å². The molecule has 8 heteroatoms. The Hall–Kier alpha value is -2.61. The van der Waals surface area contributed by atoms with Gasteiger partial charge in [0.05, 0.1) is 23.9 Å². The number of benzene rings is 1. The Morgan fingerprint density at radius 3 is 2.32 bits per heavy atom. The summed E-state index contributed by atoms with van der Waals surface area (Å²) < 4.78 is 1.65. The van der Waals surface area contributed by atoms with Crippen LogP contribution in [0.4, 0.5) is 0 Å². The second-order valence-electron chi connectivity index (χ2n) is 5.71. The second kappa shape index (κ2) is 6.72. The summed E-state index contributed by atoms with van der Waals surface area (Å²) in [5.74, 6) is -2.90. The summed E-state index contributed by atoms with van der Waals surface area (Å²) >= 11 is 5.20. The Morgan fingerprint density at radius 2 is 1.72 bits per heavy atom. The Kier molecular flexibility index (Phi) is 4.63. The summed E-state index contributed by atoms with van der Waals surface area (Å²) in [5.41, 5.74) is 1.53. The fraction of sp³-hybridized carbons (Fsp3) is 0.353. The van der Waals surface area contributed by atoms with Gasteiger partial charge in [-0.1, -0.05) is 12.1 Å². The number of para-hydroxylation sites is 2. The zero-order valence-electron chi connectivity index (χ0n) is 14.0. The lowest BCUT2D eigenvalue weighted by Gasteiger charge is -2.37. The lowest BCUT2D eigenvalue weighted by molar-refractivity contribution is -0.151. The molecule has 1 fully saturated rings. The van der Waals surface area contributed by atoms with Gasteiger partial charge in [-0.2, -0.15) is 0 Å². The highest BCUT2D eigenvalue weighted by Gasteiger charge is 2.46. The number of fused-ring (bicyclic) bond motifs is 1. The van der Waals surface area contributed by atoms with E-state index >= 15 is 0 Å². The minimum Gasteiger partial charge on any atom is -0.323 e. The van der Waals surface area contributed by atoms with Gasteiger partial charge in [-0.05, 0) is 38.2 Å². The Labute approximate surface area is 150 Å². The molecular formula is C17H18N4O3S. The molecule has 0 atom stereocenters. The minimum absolute atomic E-state index is 0.0927. The fourth-order valence-electron chi connectivity index (χ4n) is 3.00. The maximum Gasteiger partial charge on any atom is 0.249 e. The van der Waals surface area contributed by atoms with Crippen molar-refractivity contribution in [2.45, 2.75) is 20.4 Å². The first-order chi connectivity index (χ1) is 12.0. The van der Waals surface area contributed by atoms with Gasteiger partial charge in [0.15, 0.2) is 16.8 Å². The van der Waals surface area contributed by atoms with Gasteiger partial charge in [0, 0.05) is 13.1 Å². The predicted octanol–water partition coefficient (Wildman–Crippen LogP) is 1.22. The van der Waals surface area contributed by atoms with Crippen molar-refractivity contribution in [2.24, 2.45) is 5.92 Å². The molecule has 0 unspecified atom stereocenters. The quantitative estimate of drug-likeness (QED) is 0.593. The topological polar surface area (TPSA) is 75.5 Å². The number of hydrogen-bond donors (Lipinski definition) is 0. The smallest absolute Gasteiger partial charge is 0.249 e. The van der Waals surface area contributed by atoms with E-state index in [9.17, 15) is 14.4 Å². The van der Waals surface area contributed by atoms with Crippen LogP contribution in [0.2, 0.25) is 0 Å². The van der Waals surface area contributed by atoms with Crippen LogP contribution in [0.5, 0.6) is 0 Å². The third kappa shape index (κ3) is 2.82. The van der Waals surface area contributed by atoms with Gasteiger partial charge in [-0.25, -0.2) is 4.98 Å². The van der Waals surface area contributed by atoms with E-state index in [2.05, 4.69) is 4.98 Å². The van der Waals surface area contributed by atoms with Gasteiger partial charge in [-0.15, -0.1) is 0 Å². The Balaban J connectivity index is 1.90. The molecule has 1 aliphatic heterocycles. The summed E-state index contributed by atoms with van der Waals surface area (Å²) in [6.07, 6.45) is 1.54. The molecule has 7 nitrogen and oxygen atoms in total. The van der Waals surface area contributed by atoms with E-state index in [1.165, 1.54) is 9.80 Å². The normalized spacial score (nSPS) is 16.2. The van der Waals surface area contributed by atoms with Crippen LogP contribution in [0.15, 0.2) is 30.6 Å². The molecule has 130 valence electrons. The molecule has 2 aromatic rings. The van der Waals surface area contributed by atoms with Crippen LogP contribution in [0.3, 0.4) is 0 Å². The molecule has 1 aromatic heterocycles. The van der Waals surface area contributed by atoms with Crippen LogP contribution >= 0.6 is 12.2 Å². The molecule has 1 aromatic carbocycles. The number of hydrogen-bond acceptors (Lipinski definition) is 5. The number of carbonyl (C=O) groups is 3. The highest BCUT2D eigenvalue weighted by molar-refractivity contribution is 7.80. The number of nitrogens with zero attached hydrogens (tertiary/aromatic N) is 4. The first kappa shape index (κ1) is 17.2. The van der Waals surface area contributed by atoms with Crippen LogP contribution in [-0.2, 0) is 20.9 Å². The third-order valence-corrected chi connectivity index (χ3v) is 4.74. The number of ketones is 1. The SMILES string of the molecule is CCN1C(=O)C(C(=O)Cn2cnc3ccccc32)C(=O)N(CC)C1=S. The molecule has 0 N–H and O–H groups in total. The molecule has 1 aliphatic rings. The molecule has 2 heterocycles. The highest BCUT2D eigenvalue weighted by atomic mass is 32.1. The van der Waals surface area contributed by atoms with Gasteiger partial charge in [0.2, 0.25) is 11.8 Å². The summed E-state index contributed by atoms with van der Waals surface area (Å²) in [7, 11) is 0. The van der Waals surface area contributed by atoms with Crippen LogP contribution in [0.25, 0.3) is 11.0 Å². The summed E-state index contributed by atoms with van der Waals surface area (Å²) in [6.45, 7) is 4.07. The Bertz CT molecular complexity index is 850. The number of aromatic nitrogens is 2. The molecule has 0 radical (unpaired) electrons. The van der Waals surface area contributed by atoms with Crippen molar-refractivity contribution < 1.29 is 14.4 Å². The number of Topliss-reactive ketones (excluding diaryl/α,β-unsaturated/α-hetero) is 1. The number of carbonyl (C=O) groups excluding carboxylic acids is 3. The zero-order valence-corrected chi connectivity index (χ0v) is 14.8. The number of imidazole rings is 1.